The molecule has 2 aromatic carbocycles. The third-order valence-electron chi connectivity index (χ3n) is 3.34. The van der Waals surface area contributed by atoms with Gasteiger partial charge in [-0.15, -0.1) is 0 Å². The summed E-state index contributed by atoms with van der Waals surface area (Å²) < 4.78 is 5.34. The summed E-state index contributed by atoms with van der Waals surface area (Å²) in [5.41, 5.74) is 2.05. The van der Waals surface area contributed by atoms with E-state index >= 15 is 0 Å². The molecule has 0 radical (unpaired) electrons. The Kier molecular flexibility index (Phi) is 4.90. The number of nitro benzene ring substituents is 1. The van der Waals surface area contributed by atoms with E-state index in [1.54, 1.807) is 19.2 Å². The van der Waals surface area contributed by atoms with Crippen molar-refractivity contribution in [2.75, 3.05) is 7.11 Å². The van der Waals surface area contributed by atoms with Crippen LogP contribution in [-0.2, 0) is 6.54 Å². The molecule has 2 rings (SSSR count). The van der Waals surface area contributed by atoms with Crippen LogP contribution in [0, 0.1) is 10.1 Å². The minimum absolute atomic E-state index is 0.0837. The number of nitrogens with zero attached hydrogens (tertiary/aromatic N) is 1. The summed E-state index contributed by atoms with van der Waals surface area (Å²) >= 11 is 0. The summed E-state index contributed by atoms with van der Waals surface area (Å²) in [5.74, 6) is 0.830. The van der Waals surface area contributed by atoms with Crippen molar-refractivity contribution < 1.29 is 9.66 Å². The predicted molar refractivity (Wildman–Crippen MR) is 81.3 cm³/mol. The Morgan fingerprint density at radius 1 is 1.24 bits per heavy atom. The predicted octanol–water partition coefficient (Wildman–Crippen LogP) is 3.45. The van der Waals surface area contributed by atoms with Gasteiger partial charge < -0.3 is 10.1 Å². The van der Waals surface area contributed by atoms with Crippen molar-refractivity contribution in [3.63, 3.8) is 0 Å². The van der Waals surface area contributed by atoms with Gasteiger partial charge in [-0.05, 0) is 18.6 Å². The van der Waals surface area contributed by atoms with E-state index in [9.17, 15) is 10.1 Å². The molecule has 0 aliphatic heterocycles. The van der Waals surface area contributed by atoms with Crippen LogP contribution in [0.1, 0.15) is 24.1 Å². The first-order chi connectivity index (χ1) is 10.1. The molecule has 0 aliphatic carbocycles. The Balaban J connectivity index is 2.05. The van der Waals surface area contributed by atoms with E-state index in [2.05, 4.69) is 5.32 Å². The molecule has 2 aromatic rings. The van der Waals surface area contributed by atoms with E-state index < -0.39 is 0 Å². The van der Waals surface area contributed by atoms with Crippen LogP contribution in [0.15, 0.2) is 48.5 Å². The normalized spacial score (nSPS) is 11.9. The van der Waals surface area contributed by atoms with E-state index in [0.29, 0.717) is 6.54 Å². The molecule has 0 bridgehead atoms. The van der Waals surface area contributed by atoms with Crippen LogP contribution in [0.3, 0.4) is 0 Å². The third-order valence-corrected chi connectivity index (χ3v) is 3.34. The minimum atomic E-state index is -0.382. The Morgan fingerprint density at radius 3 is 2.71 bits per heavy atom. The zero-order chi connectivity index (χ0) is 15.2. The van der Waals surface area contributed by atoms with Crippen molar-refractivity contribution in [2.45, 2.75) is 19.5 Å². The van der Waals surface area contributed by atoms with Crippen LogP contribution >= 0.6 is 0 Å². The average molecular weight is 286 g/mol. The SMILES string of the molecule is COc1ccccc1[C@H](C)NCc1cccc([N+](=O)[O-])c1. The standard InChI is InChI=1S/C16H18N2O3/c1-12(15-8-3-4-9-16(15)21-2)17-11-13-6-5-7-14(10-13)18(19)20/h3-10,12,17H,11H2,1-2H3/t12-/m0/s1. The molecular formula is C16H18N2O3. The third kappa shape index (κ3) is 3.79. The monoisotopic (exact) mass is 286 g/mol. The van der Waals surface area contributed by atoms with Gasteiger partial charge in [0.2, 0.25) is 0 Å². The van der Waals surface area contributed by atoms with E-state index in [4.69, 9.17) is 4.74 Å². The van der Waals surface area contributed by atoms with Gasteiger partial charge >= 0.3 is 0 Å². The maximum Gasteiger partial charge on any atom is 0.269 e. The maximum atomic E-state index is 10.8. The highest BCUT2D eigenvalue weighted by Gasteiger charge is 2.11. The molecule has 1 atom stereocenters. The van der Waals surface area contributed by atoms with Crippen molar-refractivity contribution in [2.24, 2.45) is 0 Å². The summed E-state index contributed by atoms with van der Waals surface area (Å²) in [7, 11) is 1.64. The molecule has 110 valence electrons. The highest BCUT2D eigenvalue weighted by atomic mass is 16.6. The van der Waals surface area contributed by atoms with Gasteiger partial charge in [-0.25, -0.2) is 0 Å². The quantitative estimate of drug-likeness (QED) is 0.652. The first-order valence-electron chi connectivity index (χ1n) is 6.71. The number of ether oxygens (including phenoxy) is 1. The zero-order valence-corrected chi connectivity index (χ0v) is 12.1. The Hall–Kier alpha value is -2.40. The fourth-order valence-corrected chi connectivity index (χ4v) is 2.19. The molecule has 1 N–H and O–H groups in total. The smallest absolute Gasteiger partial charge is 0.269 e. The molecule has 0 amide bonds. The molecule has 21 heavy (non-hydrogen) atoms. The fraction of sp³-hybridized carbons (Fsp3) is 0.250. The lowest BCUT2D eigenvalue weighted by Gasteiger charge is -2.17. The molecule has 0 fully saturated rings. The number of rotatable bonds is 6. The topological polar surface area (TPSA) is 64.4 Å². The fourth-order valence-electron chi connectivity index (χ4n) is 2.19. The number of non-ortho nitro benzene ring substituents is 1. The average Bonchev–Trinajstić information content (AvgIpc) is 2.52. The molecule has 0 saturated heterocycles. The highest BCUT2D eigenvalue weighted by Crippen LogP contribution is 2.24. The second kappa shape index (κ2) is 6.85. The molecule has 0 saturated carbocycles. The van der Waals surface area contributed by atoms with Crippen LogP contribution in [-0.4, -0.2) is 12.0 Å². The van der Waals surface area contributed by atoms with Crippen molar-refractivity contribution in [3.8, 4) is 5.75 Å². The van der Waals surface area contributed by atoms with Gasteiger partial charge in [0.1, 0.15) is 5.75 Å². The van der Waals surface area contributed by atoms with E-state index in [1.165, 1.54) is 6.07 Å². The Bertz CT molecular complexity index is 628. The van der Waals surface area contributed by atoms with Crippen LogP contribution in [0.4, 0.5) is 5.69 Å². The summed E-state index contributed by atoms with van der Waals surface area (Å²) in [6.07, 6.45) is 0. The first-order valence-corrected chi connectivity index (χ1v) is 6.71. The molecule has 0 spiro atoms. The van der Waals surface area contributed by atoms with Gasteiger partial charge in [-0.2, -0.15) is 0 Å². The molecule has 0 aromatic heterocycles. The molecular weight excluding hydrogens is 268 g/mol. The minimum Gasteiger partial charge on any atom is -0.496 e. The lowest BCUT2D eigenvalue weighted by atomic mass is 10.1. The van der Waals surface area contributed by atoms with Crippen LogP contribution in [0.25, 0.3) is 0 Å². The lowest BCUT2D eigenvalue weighted by Crippen LogP contribution is -2.18. The van der Waals surface area contributed by atoms with E-state index in [1.807, 2.05) is 37.3 Å². The van der Waals surface area contributed by atoms with Crippen molar-refractivity contribution in [1.82, 2.24) is 5.32 Å². The number of para-hydroxylation sites is 1. The maximum absolute atomic E-state index is 10.8. The number of nitro groups is 1. The summed E-state index contributed by atoms with van der Waals surface area (Å²) in [6.45, 7) is 2.59. The number of benzene rings is 2. The molecule has 5 nitrogen and oxygen atoms in total. The molecule has 5 heteroatoms. The van der Waals surface area contributed by atoms with Crippen molar-refractivity contribution >= 4 is 5.69 Å². The van der Waals surface area contributed by atoms with Gasteiger partial charge in [0.25, 0.3) is 5.69 Å². The van der Waals surface area contributed by atoms with Gasteiger partial charge in [0, 0.05) is 30.3 Å². The second-order valence-electron chi connectivity index (χ2n) is 4.77. The van der Waals surface area contributed by atoms with Crippen LogP contribution in [0.5, 0.6) is 5.75 Å². The number of methoxy groups -OCH3 is 1. The zero-order valence-electron chi connectivity index (χ0n) is 12.1. The largest absolute Gasteiger partial charge is 0.496 e. The summed E-state index contributed by atoms with van der Waals surface area (Å²) in [5, 5.41) is 14.1. The molecule has 0 unspecified atom stereocenters. The number of hydrogen-bond acceptors (Lipinski definition) is 4. The summed E-state index contributed by atoms with van der Waals surface area (Å²) in [6, 6.07) is 14.5. The summed E-state index contributed by atoms with van der Waals surface area (Å²) in [4.78, 5) is 10.4. The molecule has 0 heterocycles. The lowest BCUT2D eigenvalue weighted by molar-refractivity contribution is -0.384. The van der Waals surface area contributed by atoms with Gasteiger partial charge in [0.05, 0.1) is 12.0 Å². The van der Waals surface area contributed by atoms with Crippen LogP contribution in [0.2, 0.25) is 0 Å². The van der Waals surface area contributed by atoms with Crippen molar-refractivity contribution in [1.29, 1.82) is 0 Å². The molecule has 0 aliphatic rings. The number of hydrogen-bond donors (Lipinski definition) is 1. The van der Waals surface area contributed by atoms with Crippen LogP contribution < -0.4 is 10.1 Å². The van der Waals surface area contributed by atoms with Gasteiger partial charge in [-0.1, -0.05) is 30.3 Å². The van der Waals surface area contributed by atoms with Gasteiger partial charge in [0.15, 0.2) is 0 Å². The Morgan fingerprint density at radius 2 is 2.00 bits per heavy atom. The van der Waals surface area contributed by atoms with E-state index in [0.717, 1.165) is 16.9 Å². The highest BCUT2D eigenvalue weighted by molar-refractivity contribution is 5.36. The number of nitrogens with one attached hydrogen (secondary N) is 1. The second-order valence-corrected chi connectivity index (χ2v) is 4.77. The Labute approximate surface area is 123 Å². The van der Waals surface area contributed by atoms with Crippen molar-refractivity contribution in [3.05, 3.63) is 69.8 Å². The first kappa shape index (κ1) is 15.0. The van der Waals surface area contributed by atoms with E-state index in [-0.39, 0.29) is 16.7 Å². The van der Waals surface area contributed by atoms with Gasteiger partial charge in [-0.3, -0.25) is 10.1 Å².